The highest BCUT2D eigenvalue weighted by atomic mass is 35.5. The Morgan fingerprint density at radius 3 is 2.67 bits per heavy atom. The van der Waals surface area contributed by atoms with Crippen molar-refractivity contribution in [3.05, 3.63) is 35.4 Å². The average molecular weight is 284 g/mol. The molecule has 1 aliphatic rings. The lowest BCUT2D eigenvalue weighted by Crippen LogP contribution is -2.31. The van der Waals surface area contributed by atoms with Gasteiger partial charge < -0.3 is 4.90 Å². The molecule has 2 rings (SSSR count). The topological polar surface area (TPSA) is 20.3 Å². The molecule has 1 saturated heterocycles. The molecule has 1 fully saturated rings. The van der Waals surface area contributed by atoms with E-state index >= 15 is 0 Å². The molecule has 0 bridgehead atoms. The van der Waals surface area contributed by atoms with E-state index in [0.717, 1.165) is 12.3 Å². The summed E-state index contributed by atoms with van der Waals surface area (Å²) in [7, 11) is 0. The molecule has 1 atom stereocenters. The quantitative estimate of drug-likeness (QED) is 0.790. The maximum atomic E-state index is 11.8. The summed E-state index contributed by atoms with van der Waals surface area (Å²) >= 11 is 7.46. The molecular weight excluding hydrogens is 266 g/mol. The van der Waals surface area contributed by atoms with E-state index in [1.165, 1.54) is 11.1 Å². The first kappa shape index (κ1) is 13.8. The van der Waals surface area contributed by atoms with E-state index in [1.54, 1.807) is 0 Å². The van der Waals surface area contributed by atoms with Crippen molar-refractivity contribution in [1.29, 1.82) is 0 Å². The third kappa shape index (κ3) is 2.83. The fourth-order valence-electron chi connectivity index (χ4n) is 2.12. The van der Waals surface area contributed by atoms with Crippen LogP contribution in [0.1, 0.15) is 36.3 Å². The minimum atomic E-state index is 0.0274. The third-order valence-electron chi connectivity index (χ3n) is 3.21. The van der Waals surface area contributed by atoms with Gasteiger partial charge in [0.15, 0.2) is 0 Å². The zero-order valence-corrected chi connectivity index (χ0v) is 12.3. The Bertz CT molecular complexity index is 418. The van der Waals surface area contributed by atoms with Gasteiger partial charge in [0.25, 0.3) is 0 Å². The Morgan fingerprint density at radius 1 is 1.44 bits per heavy atom. The molecule has 0 aliphatic carbocycles. The summed E-state index contributed by atoms with van der Waals surface area (Å²) in [5.41, 5.74) is 2.53. The largest absolute Gasteiger partial charge is 0.325 e. The molecule has 2 nitrogen and oxygen atoms in total. The molecule has 0 saturated carbocycles. The maximum Gasteiger partial charge on any atom is 0.238 e. The van der Waals surface area contributed by atoms with Crippen LogP contribution in [-0.2, 0) is 4.79 Å². The van der Waals surface area contributed by atoms with Crippen molar-refractivity contribution in [2.24, 2.45) is 0 Å². The molecule has 1 unspecified atom stereocenters. The first-order valence-corrected chi connectivity index (χ1v) is 7.78. The lowest BCUT2D eigenvalue weighted by molar-refractivity contribution is -0.128. The molecular formula is C14H18ClNOS. The zero-order chi connectivity index (χ0) is 13.1. The summed E-state index contributed by atoms with van der Waals surface area (Å²) in [6.45, 7) is 5.16. The van der Waals surface area contributed by atoms with Crippen molar-refractivity contribution in [3.8, 4) is 0 Å². The number of hydrogen-bond acceptors (Lipinski definition) is 2. The van der Waals surface area contributed by atoms with Crippen LogP contribution >= 0.6 is 23.4 Å². The van der Waals surface area contributed by atoms with Gasteiger partial charge in [-0.15, -0.1) is 23.4 Å². The first-order valence-electron chi connectivity index (χ1n) is 6.20. The smallest absolute Gasteiger partial charge is 0.238 e. The zero-order valence-electron chi connectivity index (χ0n) is 10.7. The Labute approximate surface area is 118 Å². The highest BCUT2D eigenvalue weighted by Crippen LogP contribution is 2.38. The number of carbonyl (C=O) groups is 1. The van der Waals surface area contributed by atoms with Crippen molar-refractivity contribution >= 4 is 29.3 Å². The maximum absolute atomic E-state index is 11.8. The number of amides is 1. The van der Waals surface area contributed by atoms with Gasteiger partial charge in [-0.1, -0.05) is 38.1 Å². The van der Waals surface area contributed by atoms with Gasteiger partial charge in [0, 0.05) is 12.3 Å². The number of halogens is 1. The third-order valence-corrected chi connectivity index (χ3v) is 4.70. The number of thioether (sulfide) groups is 1. The van der Waals surface area contributed by atoms with Crippen molar-refractivity contribution in [2.75, 3.05) is 18.2 Å². The van der Waals surface area contributed by atoms with E-state index < -0.39 is 0 Å². The Balaban J connectivity index is 2.17. The van der Waals surface area contributed by atoms with Gasteiger partial charge in [-0.3, -0.25) is 4.79 Å². The van der Waals surface area contributed by atoms with Crippen LogP contribution in [-0.4, -0.2) is 29.0 Å². The van der Waals surface area contributed by atoms with E-state index in [-0.39, 0.29) is 17.2 Å². The van der Waals surface area contributed by atoms with Crippen LogP contribution in [0.5, 0.6) is 0 Å². The van der Waals surface area contributed by atoms with Crippen LogP contribution in [0.15, 0.2) is 24.3 Å². The molecule has 1 amide bonds. The number of rotatable bonds is 3. The second kappa shape index (κ2) is 5.98. The SMILES string of the molecule is CC(C)c1ccc(C2SCCN2C(=O)CCl)cc1. The van der Waals surface area contributed by atoms with E-state index in [2.05, 4.69) is 38.1 Å². The minimum absolute atomic E-state index is 0.0274. The molecule has 0 spiro atoms. The molecule has 1 aromatic rings. The summed E-state index contributed by atoms with van der Waals surface area (Å²) in [4.78, 5) is 13.6. The molecule has 1 aliphatic heterocycles. The van der Waals surface area contributed by atoms with E-state index in [1.807, 2.05) is 16.7 Å². The Morgan fingerprint density at radius 2 is 2.11 bits per heavy atom. The van der Waals surface area contributed by atoms with Gasteiger partial charge in [0.1, 0.15) is 11.3 Å². The summed E-state index contributed by atoms with van der Waals surface area (Å²) in [5, 5.41) is 0.137. The molecule has 1 heterocycles. The molecule has 18 heavy (non-hydrogen) atoms. The van der Waals surface area contributed by atoms with Gasteiger partial charge in [-0.05, 0) is 17.0 Å². The van der Waals surface area contributed by atoms with Crippen LogP contribution in [0.4, 0.5) is 0 Å². The van der Waals surface area contributed by atoms with Crippen LogP contribution in [0.25, 0.3) is 0 Å². The first-order chi connectivity index (χ1) is 8.63. The summed E-state index contributed by atoms with van der Waals surface area (Å²) in [6, 6.07) is 8.57. The van der Waals surface area contributed by atoms with Crippen LogP contribution in [0.2, 0.25) is 0 Å². The average Bonchev–Trinajstić information content (AvgIpc) is 2.87. The normalized spacial score (nSPS) is 19.6. The van der Waals surface area contributed by atoms with Gasteiger partial charge in [-0.25, -0.2) is 0 Å². The summed E-state index contributed by atoms with van der Waals surface area (Å²) < 4.78 is 0. The predicted octanol–water partition coefficient (Wildman–Crippen LogP) is 3.62. The molecule has 98 valence electrons. The highest BCUT2D eigenvalue weighted by molar-refractivity contribution is 7.99. The van der Waals surface area contributed by atoms with Gasteiger partial charge in [0.2, 0.25) is 5.91 Å². The fourth-order valence-corrected chi connectivity index (χ4v) is 3.56. The second-order valence-corrected chi connectivity index (χ2v) is 6.22. The number of hydrogen-bond donors (Lipinski definition) is 0. The fraction of sp³-hybridized carbons (Fsp3) is 0.500. The summed E-state index contributed by atoms with van der Waals surface area (Å²) in [6.07, 6.45) is 0. The van der Waals surface area contributed by atoms with Gasteiger partial charge in [-0.2, -0.15) is 0 Å². The number of benzene rings is 1. The number of nitrogens with zero attached hydrogens (tertiary/aromatic N) is 1. The van der Waals surface area contributed by atoms with Crippen LogP contribution in [0, 0.1) is 0 Å². The molecule has 4 heteroatoms. The molecule has 0 radical (unpaired) electrons. The standard InChI is InChI=1S/C14H18ClNOS/c1-10(2)11-3-5-12(6-4-11)14-16(7-8-18-14)13(17)9-15/h3-6,10,14H,7-9H2,1-2H3. The molecule has 0 aromatic heterocycles. The van der Waals surface area contributed by atoms with Crippen LogP contribution in [0.3, 0.4) is 0 Å². The summed E-state index contributed by atoms with van der Waals surface area (Å²) in [5.74, 6) is 1.62. The monoisotopic (exact) mass is 283 g/mol. The van der Waals surface area contributed by atoms with Crippen LogP contribution < -0.4 is 0 Å². The van der Waals surface area contributed by atoms with Crippen molar-refractivity contribution in [2.45, 2.75) is 25.1 Å². The second-order valence-electron chi connectivity index (χ2n) is 4.77. The van der Waals surface area contributed by atoms with E-state index in [0.29, 0.717) is 5.92 Å². The molecule has 1 aromatic carbocycles. The Kier molecular flexibility index (Phi) is 4.57. The van der Waals surface area contributed by atoms with Gasteiger partial charge in [0.05, 0.1) is 0 Å². The highest BCUT2D eigenvalue weighted by Gasteiger charge is 2.29. The van der Waals surface area contributed by atoms with E-state index in [9.17, 15) is 4.79 Å². The lowest BCUT2D eigenvalue weighted by Gasteiger charge is -2.23. The number of carbonyl (C=O) groups excluding carboxylic acids is 1. The minimum Gasteiger partial charge on any atom is -0.325 e. The van der Waals surface area contributed by atoms with Crippen molar-refractivity contribution < 1.29 is 4.79 Å². The Hall–Kier alpha value is -0.670. The lowest BCUT2D eigenvalue weighted by atomic mass is 10.0. The number of alkyl halides is 1. The predicted molar refractivity (Wildman–Crippen MR) is 78.2 cm³/mol. The van der Waals surface area contributed by atoms with E-state index in [4.69, 9.17) is 11.6 Å². The van der Waals surface area contributed by atoms with Gasteiger partial charge >= 0.3 is 0 Å². The van der Waals surface area contributed by atoms with Crippen molar-refractivity contribution in [3.63, 3.8) is 0 Å². The molecule has 0 N–H and O–H groups in total. The van der Waals surface area contributed by atoms with Crippen molar-refractivity contribution in [1.82, 2.24) is 4.90 Å².